The van der Waals surface area contributed by atoms with E-state index in [0.717, 1.165) is 11.1 Å². The Morgan fingerprint density at radius 1 is 1.14 bits per heavy atom. The highest BCUT2D eigenvalue weighted by Crippen LogP contribution is 2.35. The van der Waals surface area contributed by atoms with E-state index < -0.39 is 0 Å². The van der Waals surface area contributed by atoms with Gasteiger partial charge in [0.1, 0.15) is 10.9 Å². The molecule has 2 aromatic carbocycles. The number of nitrogens with zero attached hydrogens (tertiary/aromatic N) is 1. The predicted molar refractivity (Wildman–Crippen MR) is 119 cm³/mol. The maximum absolute atomic E-state index is 12.4. The highest BCUT2D eigenvalue weighted by Gasteiger charge is 2.30. The quantitative estimate of drug-likeness (QED) is 0.407. The molecule has 1 aliphatic heterocycles. The average Bonchev–Trinajstić information content (AvgIpc) is 2.95. The summed E-state index contributed by atoms with van der Waals surface area (Å²) in [6.07, 6.45) is 1.81. The number of carbonyl (C=O) groups excluding carboxylic acids is 1. The van der Waals surface area contributed by atoms with Crippen LogP contribution in [0.3, 0.4) is 0 Å². The van der Waals surface area contributed by atoms with Gasteiger partial charge in [-0.25, -0.2) is 0 Å². The van der Waals surface area contributed by atoms with Crippen LogP contribution >= 0.6 is 47.2 Å². The largest absolute Gasteiger partial charge is 0.493 e. The Morgan fingerprint density at radius 3 is 2.57 bits per heavy atom. The molecule has 3 rings (SSSR count). The molecular formula is C20H17Cl2NO3S2. The van der Waals surface area contributed by atoms with Crippen molar-refractivity contribution in [2.45, 2.75) is 13.5 Å². The number of methoxy groups -OCH3 is 1. The fraction of sp³-hybridized carbons (Fsp3) is 0.200. The number of ether oxygens (including phenoxy) is 2. The van der Waals surface area contributed by atoms with Crippen molar-refractivity contribution in [3.05, 3.63) is 62.5 Å². The smallest absolute Gasteiger partial charge is 0.266 e. The Balaban J connectivity index is 1.77. The SMILES string of the molecule is CCN1C(=O)C(=Cc2ccc(OCc3ccc(Cl)c(Cl)c3)c(OC)c2)SC1=S. The van der Waals surface area contributed by atoms with Gasteiger partial charge in [0.05, 0.1) is 22.1 Å². The molecule has 0 aliphatic carbocycles. The second-order valence-electron chi connectivity index (χ2n) is 5.87. The van der Waals surface area contributed by atoms with Crippen LogP contribution in [0.1, 0.15) is 18.1 Å². The average molecular weight is 454 g/mol. The molecule has 0 spiro atoms. The Bertz CT molecular complexity index is 962. The van der Waals surface area contributed by atoms with Gasteiger partial charge < -0.3 is 9.47 Å². The van der Waals surface area contributed by atoms with E-state index in [4.69, 9.17) is 44.9 Å². The molecule has 0 atom stereocenters. The first-order valence-corrected chi connectivity index (χ1v) is 10.4. The van der Waals surface area contributed by atoms with Crippen molar-refractivity contribution in [3.63, 3.8) is 0 Å². The van der Waals surface area contributed by atoms with Crippen molar-refractivity contribution >= 4 is 63.5 Å². The van der Waals surface area contributed by atoms with Crippen LogP contribution in [-0.2, 0) is 11.4 Å². The fourth-order valence-electron chi connectivity index (χ4n) is 2.61. The summed E-state index contributed by atoms with van der Waals surface area (Å²) in [6.45, 7) is 2.78. The molecule has 1 aliphatic rings. The lowest BCUT2D eigenvalue weighted by atomic mass is 10.1. The monoisotopic (exact) mass is 453 g/mol. The Labute approximate surface area is 183 Å². The molecule has 28 heavy (non-hydrogen) atoms. The van der Waals surface area contributed by atoms with Gasteiger partial charge in [-0.1, -0.05) is 59.3 Å². The number of rotatable bonds is 6. The van der Waals surface area contributed by atoms with Crippen LogP contribution in [0.15, 0.2) is 41.3 Å². The van der Waals surface area contributed by atoms with E-state index in [1.807, 2.05) is 31.2 Å². The third kappa shape index (κ3) is 4.63. The Hall–Kier alpha value is -1.73. The molecule has 4 nitrogen and oxygen atoms in total. The summed E-state index contributed by atoms with van der Waals surface area (Å²) in [4.78, 5) is 14.5. The number of likely N-dealkylation sites (N-methyl/N-ethyl adjacent to an activating group) is 1. The first-order chi connectivity index (χ1) is 13.4. The predicted octanol–water partition coefficient (Wildman–Crippen LogP) is 5.80. The van der Waals surface area contributed by atoms with E-state index in [1.54, 1.807) is 30.2 Å². The van der Waals surface area contributed by atoms with Crippen molar-refractivity contribution in [2.24, 2.45) is 0 Å². The van der Waals surface area contributed by atoms with Crippen LogP contribution < -0.4 is 9.47 Å². The minimum Gasteiger partial charge on any atom is -0.493 e. The van der Waals surface area contributed by atoms with Crippen LogP contribution in [0, 0.1) is 0 Å². The lowest BCUT2D eigenvalue weighted by molar-refractivity contribution is -0.121. The number of carbonyl (C=O) groups is 1. The molecule has 146 valence electrons. The highest BCUT2D eigenvalue weighted by atomic mass is 35.5. The van der Waals surface area contributed by atoms with Crippen LogP contribution in [0.5, 0.6) is 11.5 Å². The minimum absolute atomic E-state index is 0.0728. The summed E-state index contributed by atoms with van der Waals surface area (Å²) >= 11 is 18.5. The zero-order chi connectivity index (χ0) is 20.3. The summed E-state index contributed by atoms with van der Waals surface area (Å²) in [5.74, 6) is 1.09. The molecule has 0 unspecified atom stereocenters. The van der Waals surface area contributed by atoms with Crippen LogP contribution in [0.2, 0.25) is 10.0 Å². The fourth-order valence-corrected chi connectivity index (χ4v) is 4.31. The van der Waals surface area contributed by atoms with Crippen LogP contribution in [0.25, 0.3) is 6.08 Å². The van der Waals surface area contributed by atoms with E-state index in [9.17, 15) is 4.79 Å². The van der Waals surface area contributed by atoms with Crippen LogP contribution in [-0.4, -0.2) is 28.8 Å². The van der Waals surface area contributed by atoms with E-state index >= 15 is 0 Å². The molecule has 8 heteroatoms. The number of thioether (sulfide) groups is 1. The van der Waals surface area contributed by atoms with Gasteiger partial charge in [0.25, 0.3) is 5.91 Å². The summed E-state index contributed by atoms with van der Waals surface area (Å²) in [7, 11) is 1.57. The van der Waals surface area contributed by atoms with Gasteiger partial charge in [-0.05, 0) is 48.4 Å². The van der Waals surface area contributed by atoms with E-state index in [2.05, 4.69) is 0 Å². The van der Waals surface area contributed by atoms with Crippen LogP contribution in [0.4, 0.5) is 0 Å². The molecule has 1 heterocycles. The maximum atomic E-state index is 12.4. The molecule has 0 bridgehead atoms. The number of hydrogen-bond acceptors (Lipinski definition) is 5. The highest BCUT2D eigenvalue weighted by molar-refractivity contribution is 8.26. The molecule has 0 aromatic heterocycles. The van der Waals surface area contributed by atoms with Gasteiger partial charge in [-0.2, -0.15) is 0 Å². The normalized spacial score (nSPS) is 15.4. The third-order valence-corrected chi connectivity index (χ3v) is 6.17. The van der Waals surface area contributed by atoms with Gasteiger partial charge in [-0.15, -0.1) is 0 Å². The number of amides is 1. The van der Waals surface area contributed by atoms with E-state index in [-0.39, 0.29) is 5.91 Å². The summed E-state index contributed by atoms with van der Waals surface area (Å²) in [6, 6.07) is 10.8. The van der Waals surface area contributed by atoms with E-state index in [0.29, 0.717) is 43.9 Å². The Kier molecular flexibility index (Phi) is 6.88. The van der Waals surface area contributed by atoms with Gasteiger partial charge >= 0.3 is 0 Å². The van der Waals surface area contributed by atoms with Gasteiger partial charge in [0, 0.05) is 6.54 Å². The number of halogens is 2. The topological polar surface area (TPSA) is 38.8 Å². The van der Waals surface area contributed by atoms with Gasteiger partial charge in [0.2, 0.25) is 0 Å². The van der Waals surface area contributed by atoms with Gasteiger partial charge in [-0.3, -0.25) is 9.69 Å². The second kappa shape index (κ2) is 9.18. The molecule has 1 amide bonds. The molecular weight excluding hydrogens is 437 g/mol. The second-order valence-corrected chi connectivity index (χ2v) is 8.36. The van der Waals surface area contributed by atoms with Crippen molar-refractivity contribution in [2.75, 3.05) is 13.7 Å². The number of thiocarbonyl (C=S) groups is 1. The summed E-state index contributed by atoms with van der Waals surface area (Å²) in [5.41, 5.74) is 1.72. The zero-order valence-electron chi connectivity index (χ0n) is 15.2. The van der Waals surface area contributed by atoms with E-state index in [1.165, 1.54) is 11.8 Å². The molecule has 0 N–H and O–H groups in total. The Morgan fingerprint density at radius 2 is 1.93 bits per heavy atom. The van der Waals surface area contributed by atoms with Crippen molar-refractivity contribution in [1.29, 1.82) is 0 Å². The van der Waals surface area contributed by atoms with Gasteiger partial charge in [0.15, 0.2) is 11.5 Å². The molecule has 0 radical (unpaired) electrons. The summed E-state index contributed by atoms with van der Waals surface area (Å²) < 4.78 is 11.9. The standard InChI is InChI=1S/C20H17Cl2NO3S2/c1-3-23-19(24)18(28-20(23)27)10-12-5-7-16(17(9-12)25-2)26-11-13-4-6-14(21)15(22)8-13/h4-10H,3,11H2,1-2H3. The molecule has 1 fully saturated rings. The minimum atomic E-state index is -0.0728. The van der Waals surface area contributed by atoms with Crippen molar-refractivity contribution in [1.82, 2.24) is 4.90 Å². The molecule has 1 saturated heterocycles. The first kappa shape index (κ1) is 21.0. The lowest BCUT2D eigenvalue weighted by Crippen LogP contribution is -2.27. The number of benzene rings is 2. The molecule has 0 saturated carbocycles. The molecule has 2 aromatic rings. The van der Waals surface area contributed by atoms with Crippen molar-refractivity contribution in [3.8, 4) is 11.5 Å². The first-order valence-electron chi connectivity index (χ1n) is 8.43. The third-order valence-electron chi connectivity index (χ3n) is 4.05. The zero-order valence-corrected chi connectivity index (χ0v) is 18.3. The summed E-state index contributed by atoms with van der Waals surface area (Å²) in [5, 5.41) is 0.982. The maximum Gasteiger partial charge on any atom is 0.266 e. The lowest BCUT2D eigenvalue weighted by Gasteiger charge is -2.12. The van der Waals surface area contributed by atoms with Crippen molar-refractivity contribution < 1.29 is 14.3 Å². The number of hydrogen-bond donors (Lipinski definition) is 0.